The summed E-state index contributed by atoms with van der Waals surface area (Å²) in [5.74, 6) is -0.0920. The quantitative estimate of drug-likeness (QED) is 0.610. The molecule has 0 aromatic rings. The third-order valence-corrected chi connectivity index (χ3v) is 3.15. The summed E-state index contributed by atoms with van der Waals surface area (Å²) in [6.45, 7) is 3.72. The van der Waals surface area contributed by atoms with E-state index in [1.165, 1.54) is 7.11 Å². The number of likely N-dealkylation sites (N-methyl/N-ethyl adjacent to an activating group) is 2. The number of amides is 1. The SMILES string of the molecule is CCN(CCC(=O)OC)CC(=O)N(C)C1CC1. The average Bonchev–Trinajstić information content (AvgIpc) is 3.16. The molecule has 0 radical (unpaired) electrons. The van der Waals surface area contributed by atoms with Gasteiger partial charge in [-0.25, -0.2) is 0 Å². The Hall–Kier alpha value is -1.10. The summed E-state index contributed by atoms with van der Waals surface area (Å²) < 4.78 is 4.58. The minimum atomic E-state index is -0.230. The standard InChI is InChI=1S/C12H22N2O3/c1-4-14(8-7-12(16)17-3)9-11(15)13(2)10-5-6-10/h10H,4-9H2,1-3H3. The molecule has 98 valence electrons. The van der Waals surface area contributed by atoms with E-state index in [1.54, 1.807) is 0 Å². The maximum atomic E-state index is 11.9. The van der Waals surface area contributed by atoms with Crippen LogP contribution in [0.3, 0.4) is 0 Å². The van der Waals surface area contributed by atoms with Crippen molar-refractivity contribution >= 4 is 11.9 Å². The number of methoxy groups -OCH3 is 1. The zero-order valence-electron chi connectivity index (χ0n) is 10.9. The molecule has 1 rings (SSSR count). The molecule has 0 atom stereocenters. The van der Waals surface area contributed by atoms with E-state index < -0.39 is 0 Å². The van der Waals surface area contributed by atoms with Crippen LogP contribution in [0.15, 0.2) is 0 Å². The Bertz CT molecular complexity index is 277. The molecule has 5 heteroatoms. The van der Waals surface area contributed by atoms with Crippen LogP contribution in [-0.2, 0) is 14.3 Å². The first kappa shape index (κ1) is 14.0. The average molecular weight is 242 g/mol. The highest BCUT2D eigenvalue weighted by Gasteiger charge is 2.29. The third-order valence-electron chi connectivity index (χ3n) is 3.15. The molecular weight excluding hydrogens is 220 g/mol. The fourth-order valence-electron chi connectivity index (χ4n) is 1.67. The molecular formula is C12H22N2O3. The van der Waals surface area contributed by atoms with Crippen molar-refractivity contribution in [3.05, 3.63) is 0 Å². The van der Waals surface area contributed by atoms with E-state index in [4.69, 9.17) is 0 Å². The lowest BCUT2D eigenvalue weighted by atomic mass is 10.3. The molecule has 0 aliphatic heterocycles. The molecule has 1 aliphatic rings. The number of nitrogens with zero attached hydrogens (tertiary/aromatic N) is 2. The van der Waals surface area contributed by atoms with Crippen molar-refractivity contribution in [2.75, 3.05) is 33.8 Å². The monoisotopic (exact) mass is 242 g/mol. The molecule has 17 heavy (non-hydrogen) atoms. The molecule has 1 amide bonds. The van der Waals surface area contributed by atoms with Gasteiger partial charge in [-0.2, -0.15) is 0 Å². The van der Waals surface area contributed by atoms with Gasteiger partial charge >= 0.3 is 5.97 Å². The lowest BCUT2D eigenvalue weighted by molar-refractivity contribution is -0.141. The van der Waals surface area contributed by atoms with Crippen LogP contribution in [0.1, 0.15) is 26.2 Å². The molecule has 5 nitrogen and oxygen atoms in total. The summed E-state index contributed by atoms with van der Waals surface area (Å²) in [5.41, 5.74) is 0. The molecule has 0 aromatic carbocycles. The first-order valence-corrected chi connectivity index (χ1v) is 6.13. The number of hydrogen-bond acceptors (Lipinski definition) is 4. The van der Waals surface area contributed by atoms with Crippen LogP contribution in [0.4, 0.5) is 0 Å². The minimum Gasteiger partial charge on any atom is -0.469 e. The molecule has 0 bridgehead atoms. The number of carbonyl (C=O) groups is 2. The van der Waals surface area contributed by atoms with Gasteiger partial charge in [-0.1, -0.05) is 6.92 Å². The fraction of sp³-hybridized carbons (Fsp3) is 0.833. The Balaban J connectivity index is 2.29. The molecule has 1 fully saturated rings. The first-order valence-electron chi connectivity index (χ1n) is 6.13. The van der Waals surface area contributed by atoms with Crippen LogP contribution in [-0.4, -0.2) is 61.5 Å². The summed E-state index contributed by atoms with van der Waals surface area (Å²) >= 11 is 0. The Kier molecular flexibility index (Phi) is 5.41. The van der Waals surface area contributed by atoms with E-state index >= 15 is 0 Å². The van der Waals surface area contributed by atoms with Crippen LogP contribution < -0.4 is 0 Å². The normalized spacial score (nSPS) is 14.8. The zero-order valence-corrected chi connectivity index (χ0v) is 10.9. The van der Waals surface area contributed by atoms with Gasteiger partial charge in [0.1, 0.15) is 0 Å². The van der Waals surface area contributed by atoms with Crippen LogP contribution in [0, 0.1) is 0 Å². The second kappa shape index (κ2) is 6.59. The van der Waals surface area contributed by atoms with Gasteiger partial charge in [0.2, 0.25) is 5.91 Å². The molecule has 0 aromatic heterocycles. The first-order chi connectivity index (χ1) is 8.08. The highest BCUT2D eigenvalue weighted by molar-refractivity contribution is 5.78. The van der Waals surface area contributed by atoms with E-state index in [0.29, 0.717) is 25.6 Å². The third kappa shape index (κ3) is 4.73. The largest absolute Gasteiger partial charge is 0.469 e. The molecule has 1 aliphatic carbocycles. The minimum absolute atomic E-state index is 0.138. The number of rotatable bonds is 7. The fourth-order valence-corrected chi connectivity index (χ4v) is 1.67. The lowest BCUT2D eigenvalue weighted by Gasteiger charge is -2.23. The van der Waals surface area contributed by atoms with Crippen molar-refractivity contribution in [2.45, 2.75) is 32.2 Å². The number of hydrogen-bond donors (Lipinski definition) is 0. The van der Waals surface area contributed by atoms with E-state index in [9.17, 15) is 9.59 Å². The van der Waals surface area contributed by atoms with Gasteiger partial charge in [0.25, 0.3) is 0 Å². The Labute approximate surface area is 103 Å². The predicted molar refractivity (Wildman–Crippen MR) is 64.5 cm³/mol. The Morgan fingerprint density at radius 2 is 2.00 bits per heavy atom. The van der Waals surface area contributed by atoms with Gasteiger partial charge in [-0.3, -0.25) is 14.5 Å². The summed E-state index contributed by atoms with van der Waals surface area (Å²) in [5, 5.41) is 0. The maximum absolute atomic E-state index is 11.9. The van der Waals surface area contributed by atoms with Gasteiger partial charge in [-0.15, -0.1) is 0 Å². The number of carbonyl (C=O) groups excluding carboxylic acids is 2. The van der Waals surface area contributed by atoms with E-state index in [1.807, 2.05) is 23.8 Å². The second-order valence-corrected chi connectivity index (χ2v) is 4.43. The van der Waals surface area contributed by atoms with Gasteiger partial charge in [0, 0.05) is 19.6 Å². The van der Waals surface area contributed by atoms with E-state index in [-0.39, 0.29) is 11.9 Å². The van der Waals surface area contributed by atoms with E-state index in [0.717, 1.165) is 19.4 Å². The van der Waals surface area contributed by atoms with Gasteiger partial charge in [0.05, 0.1) is 20.1 Å². The molecule has 0 spiro atoms. The van der Waals surface area contributed by atoms with Crippen molar-refractivity contribution in [3.8, 4) is 0 Å². The molecule has 0 saturated heterocycles. The Morgan fingerprint density at radius 3 is 2.47 bits per heavy atom. The topological polar surface area (TPSA) is 49.9 Å². The van der Waals surface area contributed by atoms with Crippen molar-refractivity contribution in [2.24, 2.45) is 0 Å². The van der Waals surface area contributed by atoms with Crippen LogP contribution in [0.2, 0.25) is 0 Å². The molecule has 1 saturated carbocycles. The van der Waals surface area contributed by atoms with E-state index in [2.05, 4.69) is 4.74 Å². The smallest absolute Gasteiger partial charge is 0.306 e. The van der Waals surface area contributed by atoms with Crippen LogP contribution in [0.5, 0.6) is 0 Å². The van der Waals surface area contributed by atoms with Crippen molar-refractivity contribution in [1.29, 1.82) is 0 Å². The van der Waals surface area contributed by atoms with Crippen LogP contribution in [0.25, 0.3) is 0 Å². The predicted octanol–water partition coefficient (Wildman–Crippen LogP) is 0.492. The summed E-state index contributed by atoms with van der Waals surface area (Å²) in [6, 6.07) is 0.446. The van der Waals surface area contributed by atoms with Crippen molar-refractivity contribution < 1.29 is 14.3 Å². The summed E-state index contributed by atoms with van der Waals surface area (Å²) in [7, 11) is 3.23. The molecule has 0 unspecified atom stereocenters. The van der Waals surface area contributed by atoms with Gasteiger partial charge in [0.15, 0.2) is 0 Å². The summed E-state index contributed by atoms with van der Waals surface area (Å²) in [4.78, 5) is 26.7. The molecule has 0 N–H and O–H groups in total. The van der Waals surface area contributed by atoms with Gasteiger partial charge in [-0.05, 0) is 19.4 Å². The Morgan fingerprint density at radius 1 is 1.35 bits per heavy atom. The number of esters is 1. The maximum Gasteiger partial charge on any atom is 0.306 e. The lowest BCUT2D eigenvalue weighted by Crippen LogP contribution is -2.40. The van der Waals surface area contributed by atoms with Crippen molar-refractivity contribution in [1.82, 2.24) is 9.80 Å². The highest BCUT2D eigenvalue weighted by Crippen LogP contribution is 2.25. The second-order valence-electron chi connectivity index (χ2n) is 4.43. The van der Waals surface area contributed by atoms with Crippen LogP contribution >= 0.6 is 0 Å². The summed E-state index contributed by atoms with van der Waals surface area (Å²) in [6.07, 6.45) is 2.58. The highest BCUT2D eigenvalue weighted by atomic mass is 16.5. The van der Waals surface area contributed by atoms with Gasteiger partial charge < -0.3 is 9.64 Å². The molecule has 0 heterocycles. The zero-order chi connectivity index (χ0) is 12.8. The number of ether oxygens (including phenoxy) is 1. The van der Waals surface area contributed by atoms with Crippen molar-refractivity contribution in [3.63, 3.8) is 0 Å².